The predicted molar refractivity (Wildman–Crippen MR) is 69.7 cm³/mol. The molecule has 2 heterocycles. The van der Waals surface area contributed by atoms with Crippen molar-refractivity contribution in [1.29, 1.82) is 0 Å². The molecule has 0 saturated carbocycles. The first kappa shape index (κ1) is 14.7. The van der Waals surface area contributed by atoms with Gasteiger partial charge >= 0.3 is 0 Å². The van der Waals surface area contributed by atoms with E-state index in [4.69, 9.17) is 4.74 Å². The average Bonchev–Trinajstić information content (AvgIpc) is 2.91. The maximum atomic E-state index is 12.1. The van der Waals surface area contributed by atoms with Gasteiger partial charge in [-0.2, -0.15) is 17.0 Å². The molecule has 2 rings (SSSR count). The van der Waals surface area contributed by atoms with E-state index in [0.29, 0.717) is 32.8 Å². The first-order valence-corrected chi connectivity index (χ1v) is 7.90. The van der Waals surface area contributed by atoms with Crippen LogP contribution in [0, 0.1) is 0 Å². The van der Waals surface area contributed by atoms with Crippen LogP contribution in [0.1, 0.15) is 12.8 Å². The van der Waals surface area contributed by atoms with Gasteiger partial charge in [0.15, 0.2) is 0 Å². The summed E-state index contributed by atoms with van der Waals surface area (Å²) in [6.07, 6.45) is 1.37. The molecule has 0 spiro atoms. The van der Waals surface area contributed by atoms with E-state index in [0.717, 1.165) is 12.8 Å². The van der Waals surface area contributed by atoms with Crippen molar-refractivity contribution < 1.29 is 17.9 Å². The normalized spacial score (nSPS) is 26.1. The second kappa shape index (κ2) is 5.74. The molecule has 2 saturated heterocycles. The number of carbonyl (C=O) groups is 1. The summed E-state index contributed by atoms with van der Waals surface area (Å²) in [5.74, 6) is -0.000555. The van der Waals surface area contributed by atoms with Gasteiger partial charge in [0, 0.05) is 46.9 Å². The lowest BCUT2D eigenvalue weighted by molar-refractivity contribution is -0.142. The Labute approximate surface area is 114 Å². The van der Waals surface area contributed by atoms with Gasteiger partial charge in [-0.3, -0.25) is 4.79 Å². The van der Waals surface area contributed by atoms with Gasteiger partial charge in [0.25, 0.3) is 16.1 Å². The SMILES string of the molecule is CN(C)S(=O)(=O)N1CCN(C(=O)C2CCCO2)CC1. The molecule has 0 aromatic heterocycles. The number of carbonyl (C=O) groups excluding carboxylic acids is 1. The van der Waals surface area contributed by atoms with E-state index in [9.17, 15) is 13.2 Å². The average molecular weight is 291 g/mol. The lowest BCUT2D eigenvalue weighted by atomic mass is 10.2. The molecule has 19 heavy (non-hydrogen) atoms. The van der Waals surface area contributed by atoms with Gasteiger partial charge in [0.2, 0.25) is 0 Å². The first-order valence-electron chi connectivity index (χ1n) is 6.51. The van der Waals surface area contributed by atoms with E-state index in [-0.39, 0.29) is 12.0 Å². The van der Waals surface area contributed by atoms with Gasteiger partial charge in [-0.1, -0.05) is 0 Å². The van der Waals surface area contributed by atoms with Crippen LogP contribution in [0.4, 0.5) is 0 Å². The molecule has 0 radical (unpaired) electrons. The quantitative estimate of drug-likeness (QED) is 0.677. The van der Waals surface area contributed by atoms with E-state index < -0.39 is 10.2 Å². The van der Waals surface area contributed by atoms with Crippen LogP contribution in [0.15, 0.2) is 0 Å². The Bertz CT molecular complexity index is 423. The Balaban J connectivity index is 1.90. The second-order valence-corrected chi connectivity index (χ2v) is 7.16. The summed E-state index contributed by atoms with van der Waals surface area (Å²) in [5.41, 5.74) is 0. The van der Waals surface area contributed by atoms with Crippen molar-refractivity contribution in [3.63, 3.8) is 0 Å². The third-order valence-electron chi connectivity index (χ3n) is 3.54. The highest BCUT2D eigenvalue weighted by atomic mass is 32.2. The van der Waals surface area contributed by atoms with Crippen molar-refractivity contribution in [3.05, 3.63) is 0 Å². The van der Waals surface area contributed by atoms with Gasteiger partial charge in [0.05, 0.1) is 0 Å². The monoisotopic (exact) mass is 291 g/mol. The van der Waals surface area contributed by atoms with E-state index in [2.05, 4.69) is 0 Å². The Hall–Kier alpha value is -0.700. The van der Waals surface area contributed by atoms with Gasteiger partial charge in [-0.05, 0) is 12.8 Å². The van der Waals surface area contributed by atoms with Crippen molar-refractivity contribution in [2.45, 2.75) is 18.9 Å². The number of ether oxygens (including phenoxy) is 1. The summed E-state index contributed by atoms with van der Waals surface area (Å²) in [6, 6.07) is 0. The van der Waals surface area contributed by atoms with Crippen molar-refractivity contribution >= 4 is 16.1 Å². The summed E-state index contributed by atoms with van der Waals surface area (Å²) in [5, 5.41) is 0. The summed E-state index contributed by atoms with van der Waals surface area (Å²) in [4.78, 5) is 13.8. The smallest absolute Gasteiger partial charge is 0.281 e. The first-order chi connectivity index (χ1) is 8.93. The molecule has 1 amide bonds. The summed E-state index contributed by atoms with van der Waals surface area (Å²) >= 11 is 0. The Morgan fingerprint density at radius 1 is 1.21 bits per heavy atom. The maximum Gasteiger partial charge on any atom is 0.281 e. The summed E-state index contributed by atoms with van der Waals surface area (Å²) in [6.45, 7) is 2.21. The molecule has 0 N–H and O–H groups in total. The molecule has 2 aliphatic rings. The molecular weight excluding hydrogens is 270 g/mol. The molecule has 0 aromatic rings. The summed E-state index contributed by atoms with van der Waals surface area (Å²) in [7, 11) is -0.344. The molecule has 7 nitrogen and oxygen atoms in total. The van der Waals surface area contributed by atoms with Crippen molar-refractivity contribution in [3.8, 4) is 0 Å². The molecule has 0 aliphatic carbocycles. The van der Waals surface area contributed by atoms with E-state index in [1.54, 1.807) is 4.90 Å². The van der Waals surface area contributed by atoms with Gasteiger partial charge in [-0.15, -0.1) is 0 Å². The van der Waals surface area contributed by atoms with E-state index >= 15 is 0 Å². The van der Waals surface area contributed by atoms with Crippen molar-refractivity contribution in [2.24, 2.45) is 0 Å². The standard InChI is InChI=1S/C11H21N3O4S/c1-12(2)19(16,17)14-7-5-13(6-8-14)11(15)10-4-3-9-18-10/h10H,3-9H2,1-2H3. The number of hydrogen-bond donors (Lipinski definition) is 0. The molecule has 0 aromatic carbocycles. The fourth-order valence-corrected chi connectivity index (χ4v) is 3.43. The topological polar surface area (TPSA) is 70.2 Å². The Morgan fingerprint density at radius 2 is 1.84 bits per heavy atom. The molecular formula is C11H21N3O4S. The minimum atomic E-state index is -3.37. The van der Waals surface area contributed by atoms with Gasteiger partial charge in [-0.25, -0.2) is 0 Å². The van der Waals surface area contributed by atoms with Crippen LogP contribution < -0.4 is 0 Å². The number of hydrogen-bond acceptors (Lipinski definition) is 4. The highest BCUT2D eigenvalue weighted by Crippen LogP contribution is 2.17. The molecule has 2 aliphatic heterocycles. The Morgan fingerprint density at radius 3 is 2.32 bits per heavy atom. The third kappa shape index (κ3) is 3.07. The van der Waals surface area contributed by atoms with Crippen LogP contribution in [0.3, 0.4) is 0 Å². The van der Waals surface area contributed by atoms with Crippen molar-refractivity contribution in [2.75, 3.05) is 46.9 Å². The number of amides is 1. The van der Waals surface area contributed by atoms with Crippen LogP contribution in [0.2, 0.25) is 0 Å². The number of nitrogens with zero attached hydrogens (tertiary/aromatic N) is 3. The minimum Gasteiger partial charge on any atom is -0.368 e. The second-order valence-electron chi connectivity index (χ2n) is 5.02. The fourth-order valence-electron chi connectivity index (χ4n) is 2.35. The summed E-state index contributed by atoms with van der Waals surface area (Å²) < 4.78 is 31.9. The van der Waals surface area contributed by atoms with Gasteiger partial charge in [0.1, 0.15) is 6.10 Å². The van der Waals surface area contributed by atoms with E-state index in [1.165, 1.54) is 22.7 Å². The predicted octanol–water partition coefficient (Wildman–Crippen LogP) is -0.884. The van der Waals surface area contributed by atoms with Crippen LogP contribution in [0.5, 0.6) is 0 Å². The zero-order chi connectivity index (χ0) is 14.0. The molecule has 2 fully saturated rings. The zero-order valence-corrected chi connectivity index (χ0v) is 12.2. The van der Waals surface area contributed by atoms with Crippen LogP contribution >= 0.6 is 0 Å². The third-order valence-corrected chi connectivity index (χ3v) is 5.48. The number of rotatable bonds is 3. The molecule has 1 unspecified atom stereocenters. The minimum absolute atomic E-state index is 0.000555. The largest absolute Gasteiger partial charge is 0.368 e. The van der Waals surface area contributed by atoms with Crippen LogP contribution in [-0.2, 0) is 19.7 Å². The highest BCUT2D eigenvalue weighted by Gasteiger charge is 2.33. The van der Waals surface area contributed by atoms with Crippen molar-refractivity contribution in [1.82, 2.24) is 13.5 Å². The van der Waals surface area contributed by atoms with Crippen LogP contribution in [0.25, 0.3) is 0 Å². The molecule has 1 atom stereocenters. The molecule has 8 heteroatoms. The van der Waals surface area contributed by atoms with Gasteiger partial charge < -0.3 is 9.64 Å². The number of piperazine rings is 1. The fraction of sp³-hybridized carbons (Fsp3) is 0.909. The lowest BCUT2D eigenvalue weighted by Crippen LogP contribution is -2.54. The zero-order valence-electron chi connectivity index (χ0n) is 11.4. The maximum absolute atomic E-state index is 12.1. The molecule has 0 bridgehead atoms. The lowest BCUT2D eigenvalue weighted by Gasteiger charge is -2.36. The van der Waals surface area contributed by atoms with Crippen LogP contribution in [-0.4, -0.2) is 80.8 Å². The van der Waals surface area contributed by atoms with E-state index in [1.807, 2.05) is 0 Å². The highest BCUT2D eigenvalue weighted by molar-refractivity contribution is 7.86. The molecule has 110 valence electrons. The Kier molecular flexibility index (Phi) is 4.44.